The first-order chi connectivity index (χ1) is 8.75. The molecule has 2 aliphatic carbocycles. The van der Waals surface area contributed by atoms with E-state index >= 15 is 0 Å². The highest BCUT2D eigenvalue weighted by molar-refractivity contribution is 5.23. The van der Waals surface area contributed by atoms with Crippen LogP contribution in [0.1, 0.15) is 0 Å². The molecule has 0 saturated heterocycles. The highest BCUT2D eigenvalue weighted by Gasteiger charge is 3.02. The largest absolute Gasteiger partial charge is 0.385 e. The van der Waals surface area contributed by atoms with Gasteiger partial charge in [0, 0.05) is 0 Å². The van der Waals surface area contributed by atoms with Gasteiger partial charge in [0.15, 0.2) is 0 Å². The van der Waals surface area contributed by atoms with Crippen molar-refractivity contribution in [3.8, 4) is 0 Å². The Bertz CT molecular complexity index is 340. The van der Waals surface area contributed by atoms with Crippen molar-refractivity contribution >= 4 is 0 Å². The van der Waals surface area contributed by atoms with Crippen molar-refractivity contribution in [2.45, 2.75) is 41.5 Å². The molecule has 2 fully saturated rings. The number of hydrogen-bond donors (Lipinski definition) is 0. The summed E-state index contributed by atoms with van der Waals surface area (Å²) in [6, 6.07) is 0. The lowest BCUT2D eigenvalue weighted by Crippen LogP contribution is -2.82. The van der Waals surface area contributed by atoms with Gasteiger partial charge in [0.25, 0.3) is 0 Å². The normalized spacial score (nSPS) is 34.0. The summed E-state index contributed by atoms with van der Waals surface area (Å²) in [5, 5.41) is 0. The van der Waals surface area contributed by atoms with Crippen LogP contribution >= 0.6 is 0 Å². The van der Waals surface area contributed by atoms with Crippen LogP contribution in [0.5, 0.6) is 0 Å². The Kier molecular flexibility index (Phi) is 3.16. The molecule has 14 heteroatoms. The van der Waals surface area contributed by atoms with Crippen molar-refractivity contribution in [2.24, 2.45) is 0 Å². The van der Waals surface area contributed by atoms with Gasteiger partial charge in [-0.15, -0.1) is 0 Å². The molecular formula is C7F14. The lowest BCUT2D eigenvalue weighted by Gasteiger charge is -2.49. The molecule has 21 heavy (non-hydrogen) atoms. The highest BCUT2D eigenvalue weighted by atomic mass is 19.4. The third-order valence-electron chi connectivity index (χ3n) is 2.70. The van der Waals surface area contributed by atoms with Gasteiger partial charge in [0.05, 0.1) is 0 Å². The van der Waals surface area contributed by atoms with Gasteiger partial charge >= 0.3 is 41.5 Å². The fourth-order valence-corrected chi connectivity index (χ4v) is 1.08. The molecule has 0 spiro atoms. The SMILES string of the molecule is FC1(F)C(F)(F)C(F)(F)C1(F)F.FC1(F)C(F)(F)C1(F)F. The molecule has 0 amide bonds. The van der Waals surface area contributed by atoms with Crippen LogP contribution in [-0.2, 0) is 0 Å². The number of alkyl halides is 14. The second-order valence-corrected chi connectivity index (χ2v) is 4.02. The molecule has 0 radical (unpaired) electrons. The quantitative estimate of drug-likeness (QED) is 0.567. The van der Waals surface area contributed by atoms with Gasteiger partial charge in [-0.1, -0.05) is 0 Å². The van der Waals surface area contributed by atoms with Gasteiger partial charge in [0.1, 0.15) is 0 Å². The molecule has 0 aromatic carbocycles. The standard InChI is InChI=1S/C4F8.C3F6/c5-1(6)2(7,8)4(11,12)3(1,9)10;4-1(5)2(6,7)3(1,8)9. The molecule has 2 rings (SSSR count). The van der Waals surface area contributed by atoms with E-state index in [4.69, 9.17) is 0 Å². The predicted octanol–water partition coefficient (Wildman–Crippen LogP) is 4.45. The van der Waals surface area contributed by atoms with E-state index in [-0.39, 0.29) is 0 Å². The minimum Gasteiger partial charge on any atom is -0.192 e. The maximum atomic E-state index is 11.6. The zero-order valence-corrected chi connectivity index (χ0v) is 8.79. The Balaban J connectivity index is 0.000000219. The Morgan fingerprint density at radius 3 is 0.286 bits per heavy atom. The van der Waals surface area contributed by atoms with Crippen LogP contribution < -0.4 is 0 Å². The van der Waals surface area contributed by atoms with E-state index in [1.807, 2.05) is 0 Å². The van der Waals surface area contributed by atoms with Crippen LogP contribution in [0.2, 0.25) is 0 Å². The first-order valence-electron chi connectivity index (χ1n) is 4.40. The second kappa shape index (κ2) is 3.67. The summed E-state index contributed by atoms with van der Waals surface area (Å²) >= 11 is 0. The van der Waals surface area contributed by atoms with E-state index in [2.05, 4.69) is 0 Å². The first-order valence-corrected chi connectivity index (χ1v) is 4.40. The van der Waals surface area contributed by atoms with Crippen molar-refractivity contribution in [1.29, 1.82) is 0 Å². The van der Waals surface area contributed by atoms with Crippen molar-refractivity contribution in [1.82, 2.24) is 0 Å². The Hall–Kier alpha value is -0.980. The molecule has 0 atom stereocenters. The fraction of sp³-hybridized carbons (Fsp3) is 1.00. The van der Waals surface area contributed by atoms with Crippen LogP contribution in [0.25, 0.3) is 0 Å². The zero-order valence-electron chi connectivity index (χ0n) is 8.79. The molecule has 0 aliphatic heterocycles. The lowest BCUT2D eigenvalue weighted by atomic mass is 9.80. The molecule has 0 N–H and O–H groups in total. The molecule has 126 valence electrons. The first kappa shape index (κ1) is 18.1. The lowest BCUT2D eigenvalue weighted by molar-refractivity contribution is -0.506. The molecule has 2 saturated carbocycles. The fourth-order valence-electron chi connectivity index (χ4n) is 1.08. The van der Waals surface area contributed by atoms with Gasteiger partial charge in [-0.05, 0) is 0 Å². The summed E-state index contributed by atoms with van der Waals surface area (Å²) in [6.45, 7) is 0. The van der Waals surface area contributed by atoms with Crippen molar-refractivity contribution in [3.05, 3.63) is 0 Å². The van der Waals surface area contributed by atoms with Crippen LogP contribution in [0, 0.1) is 0 Å². The third kappa shape index (κ3) is 1.53. The molecule has 2 aliphatic rings. The molecule has 0 bridgehead atoms. The Morgan fingerprint density at radius 2 is 0.238 bits per heavy atom. The number of hydrogen-bond acceptors (Lipinski definition) is 0. The summed E-state index contributed by atoms with van der Waals surface area (Å²) in [7, 11) is 0. The summed E-state index contributed by atoms with van der Waals surface area (Å²) in [5.74, 6) is -39.2. The van der Waals surface area contributed by atoms with Crippen molar-refractivity contribution < 1.29 is 61.5 Å². The minimum absolute atomic E-state index is 5.12. The molecular weight excluding hydrogens is 350 g/mol. The molecule has 0 nitrogen and oxygen atoms in total. The average molecular weight is 350 g/mol. The van der Waals surface area contributed by atoms with E-state index in [1.54, 1.807) is 0 Å². The van der Waals surface area contributed by atoms with Crippen LogP contribution in [0.4, 0.5) is 61.5 Å². The van der Waals surface area contributed by atoms with Gasteiger partial charge in [-0.3, -0.25) is 0 Å². The number of rotatable bonds is 0. The van der Waals surface area contributed by atoms with Crippen molar-refractivity contribution in [2.75, 3.05) is 0 Å². The van der Waals surface area contributed by atoms with Crippen molar-refractivity contribution in [3.63, 3.8) is 0 Å². The zero-order chi connectivity index (χ0) is 17.5. The van der Waals surface area contributed by atoms with E-state index in [0.29, 0.717) is 0 Å². The summed E-state index contributed by atoms with van der Waals surface area (Å²) in [5.41, 5.74) is 0. The summed E-state index contributed by atoms with van der Waals surface area (Å²) in [6.07, 6.45) is 0. The predicted molar refractivity (Wildman–Crippen MR) is 34.6 cm³/mol. The summed E-state index contributed by atoms with van der Waals surface area (Å²) in [4.78, 5) is 0. The van der Waals surface area contributed by atoms with Gasteiger partial charge in [-0.25, -0.2) is 0 Å². The van der Waals surface area contributed by atoms with Gasteiger partial charge < -0.3 is 0 Å². The maximum absolute atomic E-state index is 11.6. The van der Waals surface area contributed by atoms with Crippen LogP contribution in [0.15, 0.2) is 0 Å². The molecule has 0 aromatic heterocycles. The van der Waals surface area contributed by atoms with E-state index in [0.717, 1.165) is 0 Å². The smallest absolute Gasteiger partial charge is 0.192 e. The van der Waals surface area contributed by atoms with Crippen LogP contribution in [-0.4, -0.2) is 41.5 Å². The topological polar surface area (TPSA) is 0 Å². The van der Waals surface area contributed by atoms with Crippen LogP contribution in [0.3, 0.4) is 0 Å². The van der Waals surface area contributed by atoms with E-state index in [1.165, 1.54) is 0 Å². The maximum Gasteiger partial charge on any atom is 0.385 e. The molecule has 0 heterocycles. The average Bonchev–Trinajstić information content (AvgIpc) is 2.53. The Morgan fingerprint density at radius 1 is 0.190 bits per heavy atom. The minimum atomic E-state index is -5.97. The van der Waals surface area contributed by atoms with E-state index in [9.17, 15) is 61.5 Å². The van der Waals surface area contributed by atoms with E-state index < -0.39 is 41.5 Å². The summed E-state index contributed by atoms with van der Waals surface area (Å²) < 4.78 is 160. The Labute approximate surface area is 104 Å². The second-order valence-electron chi connectivity index (χ2n) is 4.02. The highest BCUT2D eigenvalue weighted by Crippen LogP contribution is 2.69. The van der Waals surface area contributed by atoms with Gasteiger partial charge in [0.2, 0.25) is 0 Å². The molecule has 0 unspecified atom stereocenters. The van der Waals surface area contributed by atoms with Gasteiger partial charge in [-0.2, -0.15) is 61.5 Å². The monoisotopic (exact) mass is 350 g/mol. The third-order valence-corrected chi connectivity index (χ3v) is 2.70. The number of halogens is 14. The molecule has 0 aromatic rings.